The number of hydrogen-bond acceptors (Lipinski definition) is 3. The smallest absolute Gasteiger partial charge is 0.0593 e. The fourth-order valence-corrected chi connectivity index (χ4v) is 2.95. The number of halogens is 2. The summed E-state index contributed by atoms with van der Waals surface area (Å²) >= 11 is 0. The van der Waals surface area contributed by atoms with Gasteiger partial charge in [0.2, 0.25) is 0 Å². The lowest BCUT2D eigenvalue weighted by molar-refractivity contribution is 0.0810. The van der Waals surface area contributed by atoms with Gasteiger partial charge < -0.3 is 15.4 Å². The first-order valence-electron chi connectivity index (χ1n) is 7.33. The second-order valence-corrected chi connectivity index (χ2v) is 5.53. The van der Waals surface area contributed by atoms with Gasteiger partial charge >= 0.3 is 0 Å². The van der Waals surface area contributed by atoms with Crippen LogP contribution >= 0.6 is 24.8 Å². The molecular weight excluding hydrogens is 307 g/mol. The molecule has 1 heterocycles. The standard InChI is InChI=1S/C16H26N2O.2ClH/c1-3-19-10-9-18-11-13(2)16(17)15(12-18)14-7-5-4-6-8-14;;/h4-8,13,15-16H,3,9-12,17H2,1-2H3;2*1H/t13-,15?,16-;;/m0../s1. The van der Waals surface area contributed by atoms with Crippen molar-refractivity contribution in [1.29, 1.82) is 0 Å². The second kappa shape index (κ2) is 10.4. The van der Waals surface area contributed by atoms with Gasteiger partial charge in [-0.25, -0.2) is 0 Å². The summed E-state index contributed by atoms with van der Waals surface area (Å²) in [4.78, 5) is 2.49. The molecule has 1 aliphatic heterocycles. The van der Waals surface area contributed by atoms with Gasteiger partial charge in [-0.15, -0.1) is 24.8 Å². The lowest BCUT2D eigenvalue weighted by atomic mass is 9.81. The summed E-state index contributed by atoms with van der Waals surface area (Å²) in [5.41, 5.74) is 7.78. The highest BCUT2D eigenvalue weighted by atomic mass is 35.5. The van der Waals surface area contributed by atoms with Crippen LogP contribution in [0.5, 0.6) is 0 Å². The Hall–Kier alpha value is -0.320. The lowest BCUT2D eigenvalue weighted by Crippen LogP contribution is -2.51. The number of nitrogens with zero attached hydrogens (tertiary/aromatic N) is 1. The second-order valence-electron chi connectivity index (χ2n) is 5.53. The zero-order valence-corrected chi connectivity index (χ0v) is 14.5. The predicted molar refractivity (Wildman–Crippen MR) is 93.8 cm³/mol. The first kappa shape index (κ1) is 20.7. The molecule has 1 aliphatic rings. The first-order valence-corrected chi connectivity index (χ1v) is 7.33. The predicted octanol–water partition coefficient (Wildman–Crippen LogP) is 2.93. The molecule has 1 fully saturated rings. The lowest BCUT2D eigenvalue weighted by Gasteiger charge is -2.41. The van der Waals surface area contributed by atoms with Crippen molar-refractivity contribution < 1.29 is 4.74 Å². The maximum atomic E-state index is 6.41. The van der Waals surface area contributed by atoms with Crippen molar-refractivity contribution in [2.24, 2.45) is 11.7 Å². The maximum Gasteiger partial charge on any atom is 0.0593 e. The molecule has 1 aromatic carbocycles. The van der Waals surface area contributed by atoms with Crippen LogP contribution in [0.1, 0.15) is 25.3 Å². The number of rotatable bonds is 5. The van der Waals surface area contributed by atoms with E-state index in [1.54, 1.807) is 0 Å². The van der Waals surface area contributed by atoms with E-state index in [1.807, 2.05) is 6.92 Å². The minimum absolute atomic E-state index is 0. The van der Waals surface area contributed by atoms with E-state index in [2.05, 4.69) is 42.2 Å². The molecule has 1 unspecified atom stereocenters. The van der Waals surface area contributed by atoms with E-state index in [-0.39, 0.29) is 30.9 Å². The van der Waals surface area contributed by atoms with Gasteiger partial charge in [0.15, 0.2) is 0 Å². The summed E-state index contributed by atoms with van der Waals surface area (Å²) in [5.74, 6) is 0.965. The van der Waals surface area contributed by atoms with Gasteiger partial charge in [-0.3, -0.25) is 0 Å². The van der Waals surface area contributed by atoms with Crippen LogP contribution in [-0.4, -0.2) is 43.8 Å². The van der Waals surface area contributed by atoms with Crippen molar-refractivity contribution in [3.8, 4) is 0 Å². The summed E-state index contributed by atoms with van der Waals surface area (Å²) in [7, 11) is 0. The Kier molecular flexibility index (Phi) is 10.3. The molecule has 0 aromatic heterocycles. The molecule has 21 heavy (non-hydrogen) atoms. The SMILES string of the molecule is CCOCCN1CC(c2ccccc2)[C@@H](N)[C@@H](C)C1.Cl.Cl. The van der Waals surface area contributed by atoms with Crippen molar-refractivity contribution in [3.05, 3.63) is 35.9 Å². The van der Waals surface area contributed by atoms with E-state index in [4.69, 9.17) is 10.5 Å². The summed E-state index contributed by atoms with van der Waals surface area (Å²) in [5, 5.41) is 0. The molecule has 0 saturated carbocycles. The van der Waals surface area contributed by atoms with E-state index in [9.17, 15) is 0 Å². The quantitative estimate of drug-likeness (QED) is 0.841. The van der Waals surface area contributed by atoms with E-state index < -0.39 is 0 Å². The Labute approximate surface area is 141 Å². The molecule has 0 radical (unpaired) electrons. The van der Waals surface area contributed by atoms with E-state index in [1.165, 1.54) is 5.56 Å². The van der Waals surface area contributed by atoms with Crippen LogP contribution in [-0.2, 0) is 4.74 Å². The minimum Gasteiger partial charge on any atom is -0.380 e. The zero-order chi connectivity index (χ0) is 13.7. The molecule has 122 valence electrons. The fraction of sp³-hybridized carbons (Fsp3) is 0.625. The molecule has 2 N–H and O–H groups in total. The van der Waals surface area contributed by atoms with Gasteiger partial charge in [-0.2, -0.15) is 0 Å². The fourth-order valence-electron chi connectivity index (χ4n) is 2.95. The molecule has 2 rings (SSSR count). The Morgan fingerprint density at radius 2 is 1.86 bits per heavy atom. The van der Waals surface area contributed by atoms with Gasteiger partial charge in [-0.1, -0.05) is 37.3 Å². The number of nitrogens with two attached hydrogens (primary N) is 1. The monoisotopic (exact) mass is 334 g/mol. The van der Waals surface area contributed by atoms with Crippen molar-refractivity contribution in [3.63, 3.8) is 0 Å². The number of benzene rings is 1. The molecule has 0 aliphatic carbocycles. The molecule has 5 heteroatoms. The van der Waals surface area contributed by atoms with Crippen LogP contribution in [0, 0.1) is 5.92 Å². The van der Waals surface area contributed by atoms with Crippen molar-refractivity contribution in [1.82, 2.24) is 4.90 Å². The first-order chi connectivity index (χ1) is 9.22. The van der Waals surface area contributed by atoms with Gasteiger partial charge in [0.1, 0.15) is 0 Å². The zero-order valence-electron chi connectivity index (χ0n) is 12.9. The Balaban J connectivity index is 0.00000200. The summed E-state index contributed by atoms with van der Waals surface area (Å²) in [6, 6.07) is 10.9. The minimum atomic E-state index is 0. The van der Waals surface area contributed by atoms with Crippen molar-refractivity contribution in [2.45, 2.75) is 25.8 Å². The van der Waals surface area contributed by atoms with Crippen LogP contribution in [0.2, 0.25) is 0 Å². The molecule has 0 amide bonds. The largest absolute Gasteiger partial charge is 0.380 e. The molecule has 1 aromatic rings. The molecule has 1 saturated heterocycles. The molecule has 0 spiro atoms. The van der Waals surface area contributed by atoms with E-state index in [0.717, 1.165) is 32.8 Å². The Bertz CT molecular complexity index is 378. The van der Waals surface area contributed by atoms with Crippen LogP contribution in [0.3, 0.4) is 0 Å². The van der Waals surface area contributed by atoms with Gasteiger partial charge in [0, 0.05) is 38.2 Å². The van der Waals surface area contributed by atoms with Crippen LogP contribution in [0.25, 0.3) is 0 Å². The molecule has 3 atom stereocenters. The average molecular weight is 335 g/mol. The van der Waals surface area contributed by atoms with Gasteiger partial charge in [0.25, 0.3) is 0 Å². The van der Waals surface area contributed by atoms with Crippen molar-refractivity contribution in [2.75, 3.05) is 32.8 Å². The highest BCUT2D eigenvalue weighted by Gasteiger charge is 2.32. The van der Waals surface area contributed by atoms with Crippen LogP contribution in [0.15, 0.2) is 30.3 Å². The molecule has 3 nitrogen and oxygen atoms in total. The van der Waals surface area contributed by atoms with E-state index in [0.29, 0.717) is 11.8 Å². The van der Waals surface area contributed by atoms with Crippen LogP contribution in [0.4, 0.5) is 0 Å². The van der Waals surface area contributed by atoms with Crippen LogP contribution < -0.4 is 5.73 Å². The Morgan fingerprint density at radius 1 is 1.19 bits per heavy atom. The molecule has 0 bridgehead atoms. The molecular formula is C16H28Cl2N2O. The maximum absolute atomic E-state index is 6.41. The normalized spacial score (nSPS) is 25.8. The third-order valence-electron chi connectivity index (χ3n) is 4.11. The summed E-state index contributed by atoms with van der Waals surface area (Å²) in [6.45, 7) is 9.05. The highest BCUT2D eigenvalue weighted by Crippen LogP contribution is 2.29. The summed E-state index contributed by atoms with van der Waals surface area (Å²) < 4.78 is 5.47. The van der Waals surface area contributed by atoms with Crippen molar-refractivity contribution >= 4 is 24.8 Å². The van der Waals surface area contributed by atoms with E-state index >= 15 is 0 Å². The number of piperidine rings is 1. The Morgan fingerprint density at radius 3 is 2.48 bits per heavy atom. The third-order valence-corrected chi connectivity index (χ3v) is 4.11. The average Bonchev–Trinajstić information content (AvgIpc) is 2.44. The van der Waals surface area contributed by atoms with Gasteiger partial charge in [-0.05, 0) is 18.4 Å². The topological polar surface area (TPSA) is 38.5 Å². The number of likely N-dealkylation sites (tertiary alicyclic amines) is 1. The highest BCUT2D eigenvalue weighted by molar-refractivity contribution is 5.85. The summed E-state index contributed by atoms with van der Waals surface area (Å²) in [6.07, 6.45) is 0. The van der Waals surface area contributed by atoms with Gasteiger partial charge in [0.05, 0.1) is 6.61 Å². The number of hydrogen-bond donors (Lipinski definition) is 1. The number of ether oxygens (including phenoxy) is 1. The third kappa shape index (κ3) is 5.76.